The monoisotopic (exact) mass is 352 g/mol. The maximum absolute atomic E-state index is 12.6. The fourth-order valence-electron chi connectivity index (χ4n) is 3.46. The third-order valence-electron chi connectivity index (χ3n) is 4.88. The number of carbonyl (C=O) groups excluding carboxylic acids is 1. The standard InChI is InChI=1S/C17H28N4O4/c1-4-6-12-10-21(7-5-8-22)11-13(12)18-16(24)14-9-15(23)20(3)17(25)19(14)2/h9,12-13,22H,4-8,10-11H2,1-3H3,(H,18,24)/t12-,13-/m1/s1. The molecular formula is C17H28N4O4. The molecule has 0 unspecified atom stereocenters. The molecule has 1 saturated heterocycles. The third-order valence-corrected chi connectivity index (χ3v) is 4.88. The van der Waals surface area contributed by atoms with Gasteiger partial charge in [0.05, 0.1) is 0 Å². The van der Waals surface area contributed by atoms with E-state index in [1.807, 2.05) is 0 Å². The quantitative estimate of drug-likeness (QED) is 0.676. The van der Waals surface area contributed by atoms with Gasteiger partial charge in [0, 0.05) is 52.4 Å². The first-order valence-corrected chi connectivity index (χ1v) is 8.80. The van der Waals surface area contributed by atoms with Crippen LogP contribution in [0.4, 0.5) is 0 Å². The average Bonchev–Trinajstić information content (AvgIpc) is 2.96. The SMILES string of the molecule is CCC[C@@H]1CN(CCCO)C[C@H]1NC(=O)c1cc(=O)n(C)c(=O)n1C. The van der Waals surface area contributed by atoms with E-state index in [0.29, 0.717) is 12.3 Å². The molecule has 1 aromatic rings. The van der Waals surface area contributed by atoms with E-state index in [4.69, 9.17) is 5.11 Å². The van der Waals surface area contributed by atoms with Crippen molar-refractivity contribution in [1.29, 1.82) is 0 Å². The summed E-state index contributed by atoms with van der Waals surface area (Å²) in [4.78, 5) is 38.7. The number of hydrogen-bond acceptors (Lipinski definition) is 5. The minimum absolute atomic E-state index is 0.0229. The van der Waals surface area contributed by atoms with Crippen LogP contribution in [-0.2, 0) is 14.1 Å². The molecule has 8 nitrogen and oxygen atoms in total. The van der Waals surface area contributed by atoms with Crippen molar-refractivity contribution in [3.63, 3.8) is 0 Å². The van der Waals surface area contributed by atoms with Crippen molar-refractivity contribution in [1.82, 2.24) is 19.4 Å². The molecule has 8 heteroatoms. The normalized spacial score (nSPS) is 20.8. The molecule has 0 saturated carbocycles. The van der Waals surface area contributed by atoms with Gasteiger partial charge in [-0.2, -0.15) is 0 Å². The van der Waals surface area contributed by atoms with Crippen molar-refractivity contribution >= 4 is 5.91 Å². The summed E-state index contributed by atoms with van der Waals surface area (Å²) in [7, 11) is 2.88. The van der Waals surface area contributed by atoms with E-state index in [9.17, 15) is 14.4 Å². The van der Waals surface area contributed by atoms with Crippen molar-refractivity contribution in [2.24, 2.45) is 20.0 Å². The topological polar surface area (TPSA) is 96.6 Å². The maximum atomic E-state index is 12.6. The van der Waals surface area contributed by atoms with Gasteiger partial charge < -0.3 is 15.3 Å². The van der Waals surface area contributed by atoms with Crippen LogP contribution in [0.15, 0.2) is 15.7 Å². The van der Waals surface area contributed by atoms with E-state index < -0.39 is 17.2 Å². The number of aliphatic hydroxyl groups is 1. The molecular weight excluding hydrogens is 324 g/mol. The van der Waals surface area contributed by atoms with Gasteiger partial charge in [-0.25, -0.2) is 4.79 Å². The lowest BCUT2D eigenvalue weighted by molar-refractivity contribution is 0.0918. The number of carbonyl (C=O) groups is 1. The van der Waals surface area contributed by atoms with Gasteiger partial charge in [0.1, 0.15) is 5.69 Å². The van der Waals surface area contributed by atoms with Gasteiger partial charge in [0.2, 0.25) is 0 Å². The second-order valence-electron chi connectivity index (χ2n) is 6.73. The van der Waals surface area contributed by atoms with Crippen LogP contribution in [0.2, 0.25) is 0 Å². The Labute approximate surface area is 147 Å². The zero-order valence-electron chi connectivity index (χ0n) is 15.2. The third kappa shape index (κ3) is 4.38. The highest BCUT2D eigenvalue weighted by Crippen LogP contribution is 2.22. The van der Waals surface area contributed by atoms with E-state index in [1.54, 1.807) is 0 Å². The molecule has 2 heterocycles. The van der Waals surface area contributed by atoms with Crippen LogP contribution >= 0.6 is 0 Å². The van der Waals surface area contributed by atoms with E-state index in [0.717, 1.165) is 37.0 Å². The molecule has 1 aliphatic heterocycles. The smallest absolute Gasteiger partial charge is 0.331 e. The van der Waals surface area contributed by atoms with E-state index in [2.05, 4.69) is 17.1 Å². The van der Waals surface area contributed by atoms with E-state index in [-0.39, 0.29) is 18.3 Å². The Morgan fingerprint density at radius 3 is 2.64 bits per heavy atom. The molecule has 140 valence electrons. The van der Waals surface area contributed by atoms with Crippen LogP contribution in [0, 0.1) is 5.92 Å². The Balaban J connectivity index is 2.15. The van der Waals surface area contributed by atoms with Gasteiger partial charge in [0.15, 0.2) is 0 Å². The van der Waals surface area contributed by atoms with Gasteiger partial charge >= 0.3 is 5.69 Å². The molecule has 2 atom stereocenters. The van der Waals surface area contributed by atoms with E-state index in [1.165, 1.54) is 24.7 Å². The number of rotatable bonds is 7. The maximum Gasteiger partial charge on any atom is 0.331 e. The largest absolute Gasteiger partial charge is 0.396 e. The van der Waals surface area contributed by atoms with Crippen LogP contribution in [-0.4, -0.2) is 57.3 Å². The summed E-state index contributed by atoms with van der Waals surface area (Å²) in [5.74, 6) is -0.0661. The van der Waals surface area contributed by atoms with Gasteiger partial charge in [-0.05, 0) is 18.8 Å². The van der Waals surface area contributed by atoms with E-state index >= 15 is 0 Å². The molecule has 25 heavy (non-hydrogen) atoms. The first kappa shape index (κ1) is 19.4. The van der Waals surface area contributed by atoms with Crippen LogP contribution in [0.25, 0.3) is 0 Å². The molecule has 0 aromatic carbocycles. The van der Waals surface area contributed by atoms with Crippen molar-refractivity contribution < 1.29 is 9.90 Å². The van der Waals surface area contributed by atoms with Gasteiger partial charge in [-0.3, -0.25) is 18.7 Å². The van der Waals surface area contributed by atoms with Crippen LogP contribution in [0.1, 0.15) is 36.7 Å². The molecule has 1 aliphatic rings. The molecule has 0 bridgehead atoms. The highest BCUT2D eigenvalue weighted by Gasteiger charge is 2.33. The van der Waals surface area contributed by atoms with Crippen molar-refractivity contribution in [3.8, 4) is 0 Å². The fourth-order valence-corrected chi connectivity index (χ4v) is 3.46. The Kier molecular flexibility index (Phi) is 6.55. The Bertz CT molecular complexity index is 724. The molecule has 0 aliphatic carbocycles. The zero-order valence-corrected chi connectivity index (χ0v) is 15.2. The first-order chi connectivity index (χ1) is 11.9. The lowest BCUT2D eigenvalue weighted by Gasteiger charge is -2.20. The van der Waals surface area contributed by atoms with Gasteiger partial charge in [-0.1, -0.05) is 13.3 Å². The molecule has 1 fully saturated rings. The lowest BCUT2D eigenvalue weighted by atomic mass is 9.98. The number of hydrogen-bond donors (Lipinski definition) is 2. The minimum atomic E-state index is -0.515. The van der Waals surface area contributed by atoms with Crippen LogP contribution in [0.5, 0.6) is 0 Å². The summed E-state index contributed by atoms with van der Waals surface area (Å²) in [6.45, 7) is 4.66. The highest BCUT2D eigenvalue weighted by molar-refractivity contribution is 5.92. The number of aromatic nitrogens is 2. The summed E-state index contributed by atoms with van der Waals surface area (Å²) in [5, 5.41) is 12.0. The Hall–Kier alpha value is -1.93. The van der Waals surface area contributed by atoms with Gasteiger partial charge in [0.25, 0.3) is 11.5 Å². The summed E-state index contributed by atoms with van der Waals surface area (Å²) in [6, 6.07) is 1.18. The van der Waals surface area contributed by atoms with Crippen molar-refractivity contribution in [3.05, 3.63) is 32.6 Å². The zero-order chi connectivity index (χ0) is 18.6. The molecule has 0 radical (unpaired) electrons. The molecule has 1 aromatic heterocycles. The Morgan fingerprint density at radius 2 is 2.00 bits per heavy atom. The molecule has 2 N–H and O–H groups in total. The number of likely N-dealkylation sites (tertiary alicyclic amines) is 1. The number of nitrogens with one attached hydrogen (secondary N) is 1. The summed E-state index contributed by atoms with van der Waals surface area (Å²) >= 11 is 0. The summed E-state index contributed by atoms with van der Waals surface area (Å²) in [6.07, 6.45) is 2.73. The van der Waals surface area contributed by atoms with Crippen molar-refractivity contribution in [2.75, 3.05) is 26.2 Å². The second kappa shape index (κ2) is 8.44. The predicted molar refractivity (Wildman–Crippen MR) is 94.7 cm³/mol. The summed E-state index contributed by atoms with van der Waals surface area (Å²) < 4.78 is 2.17. The first-order valence-electron chi connectivity index (χ1n) is 8.80. The lowest BCUT2D eigenvalue weighted by Crippen LogP contribution is -2.45. The molecule has 1 amide bonds. The summed E-state index contributed by atoms with van der Waals surface area (Å²) in [5.41, 5.74) is -0.926. The Morgan fingerprint density at radius 1 is 1.28 bits per heavy atom. The van der Waals surface area contributed by atoms with Crippen LogP contribution < -0.4 is 16.6 Å². The van der Waals surface area contributed by atoms with Crippen molar-refractivity contribution in [2.45, 2.75) is 32.2 Å². The highest BCUT2D eigenvalue weighted by atomic mass is 16.3. The second-order valence-corrected chi connectivity index (χ2v) is 6.73. The number of nitrogens with zero attached hydrogens (tertiary/aromatic N) is 3. The fraction of sp³-hybridized carbons (Fsp3) is 0.706. The predicted octanol–water partition coefficient (Wildman–Crippen LogP) is -0.703. The average molecular weight is 352 g/mol. The number of aliphatic hydroxyl groups excluding tert-OH is 1. The number of amides is 1. The molecule has 2 rings (SSSR count). The molecule has 0 spiro atoms. The van der Waals surface area contributed by atoms with Gasteiger partial charge in [-0.15, -0.1) is 0 Å². The van der Waals surface area contributed by atoms with Crippen LogP contribution in [0.3, 0.4) is 0 Å². The minimum Gasteiger partial charge on any atom is -0.396 e.